The van der Waals surface area contributed by atoms with Crippen LogP contribution in [0.4, 0.5) is 5.00 Å². The molecule has 126 valence electrons. The van der Waals surface area contributed by atoms with E-state index in [1.54, 1.807) is 19.1 Å². The van der Waals surface area contributed by atoms with Gasteiger partial charge in [-0.25, -0.2) is 4.79 Å². The predicted molar refractivity (Wildman–Crippen MR) is 92.8 cm³/mol. The Morgan fingerprint density at radius 1 is 1.25 bits per heavy atom. The summed E-state index contributed by atoms with van der Waals surface area (Å²) in [6.07, 6.45) is 2.15. The van der Waals surface area contributed by atoms with E-state index in [2.05, 4.69) is 5.32 Å². The lowest BCUT2D eigenvalue weighted by atomic mass is 10.1. The largest absolute Gasteiger partial charge is 0.484 e. The second kappa shape index (κ2) is 7.49. The topological polar surface area (TPSA) is 64.6 Å². The molecule has 24 heavy (non-hydrogen) atoms. The standard InChI is InChI=1S/C18H19NO4S/c1-2-22-18(21)16-14(12-8-9-12)11-24-17(16)19-15(20)10-23-13-6-4-3-5-7-13/h3-7,11-12H,2,8-10H2,1H3,(H,19,20). The van der Waals surface area contributed by atoms with E-state index in [0.29, 0.717) is 28.8 Å². The molecule has 1 heterocycles. The monoisotopic (exact) mass is 345 g/mol. The minimum absolute atomic E-state index is 0.108. The average Bonchev–Trinajstić information content (AvgIpc) is 3.35. The fourth-order valence-electron chi connectivity index (χ4n) is 2.40. The molecule has 1 aliphatic rings. The Kier molecular flexibility index (Phi) is 5.15. The number of para-hydroxylation sites is 1. The van der Waals surface area contributed by atoms with Gasteiger partial charge in [-0.2, -0.15) is 0 Å². The van der Waals surface area contributed by atoms with Crippen molar-refractivity contribution in [3.8, 4) is 5.75 Å². The number of amides is 1. The van der Waals surface area contributed by atoms with Crippen molar-refractivity contribution in [3.63, 3.8) is 0 Å². The van der Waals surface area contributed by atoms with Crippen LogP contribution < -0.4 is 10.1 Å². The number of nitrogens with one attached hydrogen (secondary N) is 1. The Hall–Kier alpha value is -2.34. The fraction of sp³-hybridized carbons (Fsp3) is 0.333. The number of carbonyl (C=O) groups excluding carboxylic acids is 2. The zero-order valence-corrected chi connectivity index (χ0v) is 14.2. The molecule has 0 radical (unpaired) electrons. The van der Waals surface area contributed by atoms with Crippen LogP contribution in [0, 0.1) is 0 Å². The van der Waals surface area contributed by atoms with Crippen LogP contribution in [0.2, 0.25) is 0 Å². The van der Waals surface area contributed by atoms with Gasteiger partial charge in [-0.15, -0.1) is 11.3 Å². The third kappa shape index (κ3) is 3.94. The molecule has 1 aromatic carbocycles. The van der Waals surface area contributed by atoms with Crippen LogP contribution >= 0.6 is 11.3 Å². The fourth-order valence-corrected chi connectivity index (χ4v) is 3.45. The minimum Gasteiger partial charge on any atom is -0.484 e. The third-order valence-electron chi connectivity index (χ3n) is 3.68. The first-order valence-electron chi connectivity index (χ1n) is 7.95. The van der Waals surface area contributed by atoms with Crippen molar-refractivity contribution in [2.24, 2.45) is 0 Å². The number of hydrogen-bond donors (Lipinski definition) is 1. The summed E-state index contributed by atoms with van der Waals surface area (Å²) in [6, 6.07) is 9.13. The summed E-state index contributed by atoms with van der Waals surface area (Å²) in [5.74, 6) is 0.364. The van der Waals surface area contributed by atoms with Crippen LogP contribution in [-0.2, 0) is 9.53 Å². The summed E-state index contributed by atoms with van der Waals surface area (Å²) in [5, 5.41) is 5.26. The van der Waals surface area contributed by atoms with Crippen LogP contribution in [0.3, 0.4) is 0 Å². The summed E-state index contributed by atoms with van der Waals surface area (Å²) in [4.78, 5) is 24.4. The van der Waals surface area contributed by atoms with E-state index in [-0.39, 0.29) is 18.5 Å². The molecule has 2 aromatic rings. The lowest BCUT2D eigenvalue weighted by Gasteiger charge is -2.09. The van der Waals surface area contributed by atoms with Gasteiger partial charge < -0.3 is 14.8 Å². The summed E-state index contributed by atoms with van der Waals surface area (Å²) < 4.78 is 10.6. The number of hydrogen-bond acceptors (Lipinski definition) is 5. The first kappa shape index (κ1) is 16.5. The number of carbonyl (C=O) groups is 2. The lowest BCUT2D eigenvalue weighted by Crippen LogP contribution is -2.21. The molecular formula is C18H19NO4S. The van der Waals surface area contributed by atoms with Gasteiger partial charge in [0.15, 0.2) is 6.61 Å². The number of thiophene rings is 1. The van der Waals surface area contributed by atoms with Crippen LogP contribution in [-0.4, -0.2) is 25.1 Å². The Labute approximate surface area is 144 Å². The lowest BCUT2D eigenvalue weighted by molar-refractivity contribution is -0.118. The molecule has 6 heteroatoms. The van der Waals surface area contributed by atoms with Crippen molar-refractivity contribution >= 4 is 28.2 Å². The second-order valence-electron chi connectivity index (χ2n) is 5.54. The van der Waals surface area contributed by atoms with Crippen molar-refractivity contribution in [2.45, 2.75) is 25.7 Å². The van der Waals surface area contributed by atoms with E-state index in [1.165, 1.54) is 11.3 Å². The number of esters is 1. The van der Waals surface area contributed by atoms with Gasteiger partial charge in [0.2, 0.25) is 0 Å². The molecule has 1 aromatic heterocycles. The van der Waals surface area contributed by atoms with Gasteiger partial charge in [0.05, 0.1) is 12.2 Å². The van der Waals surface area contributed by atoms with E-state index < -0.39 is 0 Å². The SMILES string of the molecule is CCOC(=O)c1c(C2CC2)csc1NC(=O)COc1ccccc1. The van der Waals surface area contributed by atoms with E-state index in [4.69, 9.17) is 9.47 Å². The summed E-state index contributed by atoms with van der Waals surface area (Å²) in [6.45, 7) is 1.97. The molecule has 0 bridgehead atoms. The first-order valence-corrected chi connectivity index (χ1v) is 8.83. The maximum atomic E-state index is 12.2. The summed E-state index contributed by atoms with van der Waals surface area (Å²) in [7, 11) is 0. The Morgan fingerprint density at radius 2 is 2.00 bits per heavy atom. The molecule has 1 N–H and O–H groups in total. The number of anilines is 1. The van der Waals surface area contributed by atoms with Gasteiger partial charge in [0.1, 0.15) is 10.8 Å². The second-order valence-corrected chi connectivity index (χ2v) is 6.42. The first-order chi connectivity index (χ1) is 11.7. The molecular weight excluding hydrogens is 326 g/mol. The smallest absolute Gasteiger partial charge is 0.341 e. The van der Waals surface area contributed by atoms with E-state index >= 15 is 0 Å². The highest BCUT2D eigenvalue weighted by molar-refractivity contribution is 7.15. The molecule has 5 nitrogen and oxygen atoms in total. The highest BCUT2D eigenvalue weighted by Gasteiger charge is 2.32. The quantitative estimate of drug-likeness (QED) is 0.775. The van der Waals surface area contributed by atoms with Crippen LogP contribution in [0.25, 0.3) is 0 Å². The predicted octanol–water partition coefficient (Wildman–Crippen LogP) is 3.82. The van der Waals surface area contributed by atoms with Crippen molar-refractivity contribution in [1.82, 2.24) is 0 Å². The molecule has 3 rings (SSSR count). The summed E-state index contributed by atoms with van der Waals surface area (Å²) in [5.41, 5.74) is 1.48. The molecule has 0 atom stereocenters. The molecule has 0 unspecified atom stereocenters. The number of ether oxygens (including phenoxy) is 2. The molecule has 0 saturated heterocycles. The van der Waals surface area contributed by atoms with Crippen LogP contribution in [0.15, 0.2) is 35.7 Å². The Balaban J connectivity index is 1.67. The minimum atomic E-state index is -0.375. The Bertz CT molecular complexity index is 722. The summed E-state index contributed by atoms with van der Waals surface area (Å²) >= 11 is 1.36. The van der Waals surface area contributed by atoms with Gasteiger partial charge in [-0.05, 0) is 48.8 Å². The number of benzene rings is 1. The van der Waals surface area contributed by atoms with Crippen molar-refractivity contribution in [3.05, 3.63) is 46.8 Å². The molecule has 1 saturated carbocycles. The average molecular weight is 345 g/mol. The normalized spacial score (nSPS) is 13.4. The van der Waals surface area contributed by atoms with Gasteiger partial charge in [-0.1, -0.05) is 18.2 Å². The van der Waals surface area contributed by atoms with E-state index in [9.17, 15) is 9.59 Å². The van der Waals surface area contributed by atoms with Gasteiger partial charge in [-0.3, -0.25) is 4.79 Å². The maximum absolute atomic E-state index is 12.2. The highest BCUT2D eigenvalue weighted by atomic mass is 32.1. The van der Waals surface area contributed by atoms with Gasteiger partial charge >= 0.3 is 5.97 Å². The van der Waals surface area contributed by atoms with Crippen LogP contribution in [0.1, 0.15) is 41.6 Å². The van der Waals surface area contributed by atoms with Gasteiger partial charge in [0, 0.05) is 0 Å². The molecule has 1 aliphatic carbocycles. The molecule has 1 amide bonds. The van der Waals surface area contributed by atoms with E-state index in [1.807, 2.05) is 23.6 Å². The maximum Gasteiger partial charge on any atom is 0.341 e. The van der Waals surface area contributed by atoms with Crippen molar-refractivity contribution in [2.75, 3.05) is 18.5 Å². The van der Waals surface area contributed by atoms with Gasteiger partial charge in [0.25, 0.3) is 5.91 Å². The van der Waals surface area contributed by atoms with Crippen molar-refractivity contribution in [1.29, 1.82) is 0 Å². The highest BCUT2D eigenvalue weighted by Crippen LogP contribution is 2.46. The Morgan fingerprint density at radius 3 is 2.67 bits per heavy atom. The number of rotatable bonds is 7. The zero-order valence-electron chi connectivity index (χ0n) is 13.4. The van der Waals surface area contributed by atoms with Crippen molar-refractivity contribution < 1.29 is 19.1 Å². The zero-order chi connectivity index (χ0) is 16.9. The molecule has 0 aliphatic heterocycles. The third-order valence-corrected chi connectivity index (χ3v) is 4.60. The van der Waals surface area contributed by atoms with Crippen LogP contribution in [0.5, 0.6) is 5.75 Å². The van der Waals surface area contributed by atoms with E-state index in [0.717, 1.165) is 18.4 Å². The molecule has 1 fully saturated rings. The molecule has 0 spiro atoms.